The van der Waals surface area contributed by atoms with Crippen LogP contribution in [-0.4, -0.2) is 79.6 Å². The minimum absolute atomic E-state index is 0.0694. The van der Waals surface area contributed by atoms with Gasteiger partial charge >= 0.3 is 5.97 Å². The molecule has 1 rings (SSSR count). The van der Waals surface area contributed by atoms with Crippen molar-refractivity contribution in [3.8, 4) is 0 Å². The number of carboxylic acid groups (broad SMARTS) is 2. The lowest BCUT2D eigenvalue weighted by Gasteiger charge is -2.23. The molecule has 0 radical (unpaired) electrons. The van der Waals surface area contributed by atoms with Crippen molar-refractivity contribution in [3.63, 3.8) is 0 Å². The van der Waals surface area contributed by atoms with E-state index in [0.29, 0.717) is 4.48 Å². The number of aliphatic imine (C=N–C) groups is 1. The molecule has 7 heteroatoms. The van der Waals surface area contributed by atoms with E-state index in [2.05, 4.69) is 11.9 Å². The molecule has 0 unspecified atom stereocenters. The van der Waals surface area contributed by atoms with Gasteiger partial charge in [-0.3, -0.25) is 9.79 Å². The molecule has 0 spiro atoms. The van der Waals surface area contributed by atoms with Crippen molar-refractivity contribution >= 4 is 17.8 Å². The van der Waals surface area contributed by atoms with Gasteiger partial charge in [0, 0.05) is 13.0 Å². The highest BCUT2D eigenvalue weighted by Crippen LogP contribution is 2.14. The zero-order valence-corrected chi connectivity index (χ0v) is 21.9. The predicted octanol–water partition coefficient (Wildman–Crippen LogP) is 4.10. The van der Waals surface area contributed by atoms with Gasteiger partial charge in [-0.2, -0.15) is 0 Å². The van der Waals surface area contributed by atoms with Gasteiger partial charge in [-0.15, -0.1) is 0 Å². The van der Waals surface area contributed by atoms with E-state index in [1.54, 1.807) is 21.1 Å². The van der Waals surface area contributed by atoms with E-state index in [-0.39, 0.29) is 13.1 Å². The fourth-order valence-corrected chi connectivity index (χ4v) is 3.96. The fourth-order valence-electron chi connectivity index (χ4n) is 3.96. The summed E-state index contributed by atoms with van der Waals surface area (Å²) in [6.45, 7) is 4.00. The first-order valence-electron chi connectivity index (χ1n) is 13.2. The summed E-state index contributed by atoms with van der Waals surface area (Å²) < 4.78 is 0.419. The summed E-state index contributed by atoms with van der Waals surface area (Å²) in [6.07, 6.45) is 20.1. The number of hydrogen-bond donors (Lipinski definition) is 1. The number of nitrogens with zero attached hydrogens (tertiary/aromatic N) is 3. The average molecular weight is 470 g/mol. The van der Waals surface area contributed by atoms with E-state index in [1.165, 1.54) is 83.5 Å². The number of amidine groups is 1. The van der Waals surface area contributed by atoms with E-state index in [1.807, 2.05) is 4.90 Å². The molecule has 0 amide bonds. The Labute approximate surface area is 202 Å². The second-order valence-electron chi connectivity index (χ2n) is 10.3. The maximum Gasteiger partial charge on any atom is 0.323 e. The summed E-state index contributed by atoms with van der Waals surface area (Å²) in [7, 11) is 5.40. The Kier molecular flexibility index (Phi) is 18.8. The van der Waals surface area contributed by atoms with E-state index in [4.69, 9.17) is 5.11 Å². The Balaban J connectivity index is 0.00000109. The highest BCUT2D eigenvalue weighted by atomic mass is 16.4. The second kappa shape index (κ2) is 19.8. The molecule has 0 fully saturated rings. The molecule has 1 N–H and O–H groups in total. The van der Waals surface area contributed by atoms with Crippen LogP contribution in [0.4, 0.5) is 0 Å². The predicted molar refractivity (Wildman–Crippen MR) is 134 cm³/mol. The normalized spacial score (nSPS) is 13.5. The molecule has 1 aliphatic rings. The molecule has 0 atom stereocenters. The van der Waals surface area contributed by atoms with Crippen molar-refractivity contribution in [2.24, 2.45) is 4.99 Å². The second-order valence-corrected chi connectivity index (χ2v) is 10.3. The number of unbranched alkanes of at least 4 members (excludes halogenated alkanes) is 13. The van der Waals surface area contributed by atoms with Crippen LogP contribution < -0.4 is 5.11 Å². The number of rotatable bonds is 19. The molecular formula is C26H51N3O4. The van der Waals surface area contributed by atoms with Crippen LogP contribution in [0.5, 0.6) is 0 Å². The number of aliphatic carboxylic acids is 2. The Hall–Kier alpha value is -1.63. The van der Waals surface area contributed by atoms with Gasteiger partial charge in [0.25, 0.3) is 0 Å². The summed E-state index contributed by atoms with van der Waals surface area (Å²) >= 11 is 0. The van der Waals surface area contributed by atoms with Gasteiger partial charge in [0.2, 0.25) is 0 Å². The van der Waals surface area contributed by atoms with E-state index in [0.717, 1.165) is 31.8 Å². The maximum absolute atomic E-state index is 10.8. The first-order valence-corrected chi connectivity index (χ1v) is 13.2. The first kappa shape index (κ1) is 31.4. The molecule has 0 aliphatic carbocycles. The van der Waals surface area contributed by atoms with Crippen molar-refractivity contribution in [1.82, 2.24) is 4.90 Å². The SMILES string of the molecule is CCCCCCCCCCCCCCCCC1=NCCN1CC(=O)O.C[N+](C)(C)CC(=O)[O-]. The molecule has 0 bridgehead atoms. The summed E-state index contributed by atoms with van der Waals surface area (Å²) in [5, 5.41) is 18.8. The van der Waals surface area contributed by atoms with Gasteiger partial charge < -0.3 is 24.4 Å². The minimum atomic E-state index is -1.00. The van der Waals surface area contributed by atoms with Crippen LogP contribution in [0, 0.1) is 0 Å². The van der Waals surface area contributed by atoms with Crippen LogP contribution in [0.3, 0.4) is 0 Å². The van der Waals surface area contributed by atoms with Crippen LogP contribution in [0.1, 0.15) is 103 Å². The highest BCUT2D eigenvalue weighted by Gasteiger charge is 2.18. The standard InChI is InChI=1S/C21H40N2O2.C5H11NO2/c1-2-3-4-5-6-7-8-9-10-11-12-13-14-15-16-20-22-17-18-23(20)19-21(24)25;1-6(2,3)4-5(7)8/h2-19H2,1H3,(H,24,25);4H2,1-3H3. The monoisotopic (exact) mass is 469 g/mol. The molecule has 0 aromatic heterocycles. The summed E-state index contributed by atoms with van der Waals surface area (Å²) in [5.41, 5.74) is 0. The number of carbonyl (C=O) groups is 2. The van der Waals surface area contributed by atoms with Gasteiger partial charge in [0.05, 0.1) is 39.5 Å². The fraction of sp³-hybridized carbons (Fsp3) is 0.885. The number of hydrogen-bond acceptors (Lipinski definition) is 5. The van der Waals surface area contributed by atoms with Gasteiger partial charge in [0.15, 0.2) is 0 Å². The quantitative estimate of drug-likeness (QED) is 0.227. The Bertz CT molecular complexity index is 544. The topological polar surface area (TPSA) is 93.0 Å². The van der Waals surface area contributed by atoms with Crippen molar-refractivity contribution in [2.75, 3.05) is 47.3 Å². The summed E-state index contributed by atoms with van der Waals surface area (Å²) in [4.78, 5) is 27.1. The average Bonchev–Trinajstić information content (AvgIpc) is 3.13. The number of likely N-dealkylation sites (N-methyl/N-ethyl adjacent to an activating group) is 1. The zero-order valence-electron chi connectivity index (χ0n) is 21.9. The van der Waals surface area contributed by atoms with Crippen LogP contribution in [0.25, 0.3) is 0 Å². The minimum Gasteiger partial charge on any atom is -0.544 e. The highest BCUT2D eigenvalue weighted by molar-refractivity contribution is 5.86. The Morgan fingerprint density at radius 1 is 0.879 bits per heavy atom. The molecule has 0 saturated heterocycles. The zero-order chi connectivity index (χ0) is 25.0. The van der Waals surface area contributed by atoms with Crippen LogP contribution in [0.2, 0.25) is 0 Å². The van der Waals surface area contributed by atoms with Crippen LogP contribution in [0.15, 0.2) is 4.99 Å². The number of quaternary nitrogens is 1. The van der Waals surface area contributed by atoms with E-state index >= 15 is 0 Å². The maximum atomic E-state index is 10.8. The lowest BCUT2D eigenvalue weighted by molar-refractivity contribution is -0.864. The molecule has 0 saturated carbocycles. The number of carboxylic acids is 2. The molecule has 1 aliphatic heterocycles. The Morgan fingerprint density at radius 3 is 1.70 bits per heavy atom. The molecule has 7 nitrogen and oxygen atoms in total. The first-order chi connectivity index (χ1) is 15.7. The lowest BCUT2D eigenvalue weighted by atomic mass is 10.0. The molecule has 0 aromatic rings. The van der Waals surface area contributed by atoms with Crippen LogP contribution in [-0.2, 0) is 9.59 Å². The van der Waals surface area contributed by atoms with E-state index in [9.17, 15) is 14.7 Å². The number of carbonyl (C=O) groups excluding carboxylic acids is 1. The van der Waals surface area contributed by atoms with Crippen molar-refractivity contribution in [2.45, 2.75) is 103 Å². The molecular weight excluding hydrogens is 418 g/mol. The van der Waals surface area contributed by atoms with Gasteiger partial charge in [-0.05, 0) is 6.42 Å². The third kappa shape index (κ3) is 22.0. The third-order valence-corrected chi connectivity index (χ3v) is 5.71. The lowest BCUT2D eigenvalue weighted by Crippen LogP contribution is -2.45. The van der Waals surface area contributed by atoms with Gasteiger partial charge in [0.1, 0.15) is 13.1 Å². The summed E-state index contributed by atoms with van der Waals surface area (Å²) in [6, 6.07) is 0. The largest absolute Gasteiger partial charge is 0.544 e. The van der Waals surface area contributed by atoms with Crippen molar-refractivity contribution in [3.05, 3.63) is 0 Å². The van der Waals surface area contributed by atoms with E-state index < -0.39 is 11.9 Å². The van der Waals surface area contributed by atoms with Crippen LogP contribution >= 0.6 is 0 Å². The molecule has 0 aromatic carbocycles. The summed E-state index contributed by atoms with van der Waals surface area (Å²) in [5.74, 6) is -0.741. The molecule has 194 valence electrons. The molecule has 1 heterocycles. The van der Waals surface area contributed by atoms with Crippen molar-refractivity contribution in [1.29, 1.82) is 0 Å². The van der Waals surface area contributed by atoms with Gasteiger partial charge in [-0.25, -0.2) is 0 Å². The smallest absolute Gasteiger partial charge is 0.323 e. The third-order valence-electron chi connectivity index (χ3n) is 5.71. The Morgan fingerprint density at radius 2 is 1.33 bits per heavy atom. The molecule has 33 heavy (non-hydrogen) atoms. The van der Waals surface area contributed by atoms with Gasteiger partial charge in [-0.1, -0.05) is 90.4 Å². The van der Waals surface area contributed by atoms with Crippen molar-refractivity contribution < 1.29 is 24.3 Å².